The lowest BCUT2D eigenvalue weighted by atomic mass is 9.90. The van der Waals surface area contributed by atoms with E-state index in [9.17, 15) is 0 Å². The number of hydrogen-bond donors (Lipinski definition) is 0. The first kappa shape index (κ1) is 24.6. The highest BCUT2D eigenvalue weighted by atomic mass is 28.4. The zero-order chi connectivity index (χ0) is 20.8. The van der Waals surface area contributed by atoms with E-state index in [1.165, 1.54) is 81.6 Å². The molecule has 0 amide bonds. The molecule has 0 aromatic carbocycles. The fourth-order valence-corrected chi connectivity index (χ4v) is 11.2. The second kappa shape index (κ2) is 10.6. The molecule has 0 radical (unpaired) electrons. The summed E-state index contributed by atoms with van der Waals surface area (Å²) in [5.41, 5.74) is 0.547. The van der Waals surface area contributed by atoms with E-state index in [1.54, 1.807) is 0 Å². The molecular formula is C23H49NO2Si2. The summed E-state index contributed by atoms with van der Waals surface area (Å²) in [6.45, 7) is 20.0. The highest BCUT2D eigenvalue weighted by molar-refractivity contribution is 6.74. The molecule has 1 saturated heterocycles. The van der Waals surface area contributed by atoms with Crippen molar-refractivity contribution in [1.29, 1.82) is 0 Å². The summed E-state index contributed by atoms with van der Waals surface area (Å²) < 4.78 is 13.7. The Morgan fingerprint density at radius 1 is 0.857 bits per heavy atom. The van der Waals surface area contributed by atoms with Gasteiger partial charge in [-0.1, -0.05) is 41.5 Å². The van der Waals surface area contributed by atoms with Crippen LogP contribution in [0, 0.1) is 5.41 Å². The summed E-state index contributed by atoms with van der Waals surface area (Å²) in [4.78, 5) is 2.70. The third kappa shape index (κ3) is 5.72. The van der Waals surface area contributed by atoms with Crippen molar-refractivity contribution in [2.45, 2.75) is 123 Å². The third-order valence-corrected chi connectivity index (χ3v) is 17.9. The van der Waals surface area contributed by atoms with E-state index in [4.69, 9.17) is 8.85 Å². The molecule has 1 saturated carbocycles. The van der Waals surface area contributed by atoms with Crippen molar-refractivity contribution in [3.63, 3.8) is 0 Å². The highest BCUT2D eigenvalue weighted by Gasteiger charge is 2.54. The van der Waals surface area contributed by atoms with Gasteiger partial charge in [0.05, 0.1) is 6.10 Å². The van der Waals surface area contributed by atoms with Crippen LogP contribution >= 0.6 is 0 Å². The molecule has 2 aliphatic rings. The Morgan fingerprint density at radius 2 is 1.39 bits per heavy atom. The van der Waals surface area contributed by atoms with Gasteiger partial charge in [0.25, 0.3) is 0 Å². The summed E-state index contributed by atoms with van der Waals surface area (Å²) >= 11 is 0. The molecule has 1 spiro atoms. The molecular weight excluding hydrogens is 378 g/mol. The molecule has 0 N–H and O–H groups in total. The Bertz CT molecular complexity index is 445. The minimum atomic E-state index is -1.52. The maximum Gasteiger partial charge on any atom is 0.192 e. The molecule has 2 atom stereocenters. The summed E-state index contributed by atoms with van der Waals surface area (Å²) in [5, 5.41) is 0. The minimum absolute atomic E-state index is 0.401. The fraction of sp³-hybridized carbons (Fsp3) is 1.00. The zero-order valence-electron chi connectivity index (χ0n) is 20.1. The van der Waals surface area contributed by atoms with Crippen LogP contribution in [-0.4, -0.2) is 53.4 Å². The molecule has 0 unspecified atom stereocenters. The Hall–Kier alpha value is 0.314. The van der Waals surface area contributed by atoms with Crippen LogP contribution in [0.25, 0.3) is 0 Å². The zero-order valence-corrected chi connectivity index (χ0v) is 22.1. The van der Waals surface area contributed by atoms with E-state index in [-0.39, 0.29) is 0 Å². The predicted molar refractivity (Wildman–Crippen MR) is 127 cm³/mol. The Labute approximate surface area is 178 Å². The van der Waals surface area contributed by atoms with Crippen molar-refractivity contribution in [3.05, 3.63) is 0 Å². The number of nitrogens with zero attached hydrogens (tertiary/aromatic N) is 1. The Kier molecular flexibility index (Phi) is 9.27. The first-order valence-electron chi connectivity index (χ1n) is 12.4. The number of rotatable bonds is 13. The van der Waals surface area contributed by atoms with Gasteiger partial charge in [0.1, 0.15) is 0 Å². The molecule has 0 aromatic rings. The van der Waals surface area contributed by atoms with Crippen LogP contribution in [0.4, 0.5) is 0 Å². The summed E-state index contributed by atoms with van der Waals surface area (Å²) in [6.07, 6.45) is 6.24. The van der Waals surface area contributed by atoms with Gasteiger partial charge >= 0.3 is 0 Å². The van der Waals surface area contributed by atoms with Gasteiger partial charge < -0.3 is 13.8 Å². The second-order valence-electron chi connectivity index (χ2n) is 9.72. The minimum Gasteiger partial charge on any atom is -0.414 e. The van der Waals surface area contributed by atoms with Crippen LogP contribution in [0.1, 0.15) is 74.1 Å². The first-order chi connectivity index (χ1) is 13.4. The number of piperidine rings is 1. The number of hydrogen-bond acceptors (Lipinski definition) is 3. The summed E-state index contributed by atoms with van der Waals surface area (Å²) in [6, 6.07) is 7.58. The average Bonchev–Trinajstić information content (AvgIpc) is 3.51. The average molecular weight is 428 g/mol. The van der Waals surface area contributed by atoms with Gasteiger partial charge in [0.15, 0.2) is 16.6 Å². The maximum atomic E-state index is 7.05. The van der Waals surface area contributed by atoms with Crippen molar-refractivity contribution >= 4 is 16.6 Å². The van der Waals surface area contributed by atoms with E-state index in [2.05, 4.69) is 53.4 Å². The standard InChI is InChI=1S/C23H49NO2Si2/c1-8-27(9-2,10-3)25-21(7)14-18-24-19-17-23(15-16-23)22(20-24)26-28(11-4,12-5)13-6/h21-22H,8-20H2,1-7H3/t21-,22+/m0/s1. The molecule has 5 heteroatoms. The van der Waals surface area contributed by atoms with Gasteiger partial charge in [0, 0.05) is 19.2 Å². The van der Waals surface area contributed by atoms with Gasteiger partial charge in [-0.15, -0.1) is 0 Å². The molecule has 2 fully saturated rings. The van der Waals surface area contributed by atoms with Crippen LogP contribution in [0.2, 0.25) is 36.3 Å². The quantitative estimate of drug-likeness (QED) is 0.307. The van der Waals surface area contributed by atoms with Gasteiger partial charge in [-0.05, 0) is 80.8 Å². The van der Waals surface area contributed by atoms with E-state index >= 15 is 0 Å². The third-order valence-electron chi connectivity index (χ3n) is 8.49. The molecule has 166 valence electrons. The monoisotopic (exact) mass is 427 g/mol. The van der Waals surface area contributed by atoms with Crippen LogP contribution in [0.5, 0.6) is 0 Å². The van der Waals surface area contributed by atoms with Gasteiger partial charge in [0.2, 0.25) is 0 Å². The van der Waals surface area contributed by atoms with E-state index in [1.807, 2.05) is 0 Å². The summed E-state index contributed by atoms with van der Waals surface area (Å²) in [5.74, 6) is 0. The molecule has 1 aliphatic heterocycles. The first-order valence-corrected chi connectivity index (χ1v) is 17.5. The van der Waals surface area contributed by atoms with Crippen LogP contribution in [0.3, 0.4) is 0 Å². The van der Waals surface area contributed by atoms with Crippen molar-refractivity contribution in [2.75, 3.05) is 19.6 Å². The molecule has 3 nitrogen and oxygen atoms in total. The smallest absolute Gasteiger partial charge is 0.192 e. The van der Waals surface area contributed by atoms with Crippen molar-refractivity contribution in [3.8, 4) is 0 Å². The van der Waals surface area contributed by atoms with Gasteiger partial charge in [-0.3, -0.25) is 0 Å². The molecule has 1 aliphatic carbocycles. The van der Waals surface area contributed by atoms with Crippen LogP contribution in [0.15, 0.2) is 0 Å². The fourth-order valence-electron chi connectivity index (χ4n) is 5.31. The maximum absolute atomic E-state index is 7.05. The van der Waals surface area contributed by atoms with Crippen molar-refractivity contribution in [1.82, 2.24) is 4.90 Å². The number of likely N-dealkylation sites (tertiary alicyclic amines) is 1. The lowest BCUT2D eigenvalue weighted by Gasteiger charge is -2.44. The molecule has 0 bridgehead atoms. The highest BCUT2D eigenvalue weighted by Crippen LogP contribution is 2.55. The lowest BCUT2D eigenvalue weighted by Crippen LogP contribution is -2.52. The topological polar surface area (TPSA) is 21.7 Å². The molecule has 2 rings (SSSR count). The normalized spacial score (nSPS) is 23.9. The van der Waals surface area contributed by atoms with E-state index in [0.29, 0.717) is 17.6 Å². The SMILES string of the molecule is CC[Si](CC)(CC)O[C@@H](C)CCN1CCC2(CC2)[C@H](O[Si](CC)(CC)CC)C1. The van der Waals surface area contributed by atoms with Crippen molar-refractivity contribution < 1.29 is 8.85 Å². The van der Waals surface area contributed by atoms with E-state index in [0.717, 1.165) is 0 Å². The summed E-state index contributed by atoms with van der Waals surface area (Å²) in [7, 11) is -3.00. The van der Waals surface area contributed by atoms with Crippen molar-refractivity contribution in [2.24, 2.45) is 5.41 Å². The molecule has 1 heterocycles. The van der Waals surface area contributed by atoms with Gasteiger partial charge in [-0.2, -0.15) is 0 Å². The predicted octanol–water partition coefficient (Wildman–Crippen LogP) is 6.66. The lowest BCUT2D eigenvalue weighted by molar-refractivity contribution is 0.0142. The largest absolute Gasteiger partial charge is 0.414 e. The Balaban J connectivity index is 1.90. The second-order valence-corrected chi connectivity index (χ2v) is 19.2. The van der Waals surface area contributed by atoms with Crippen LogP contribution in [-0.2, 0) is 8.85 Å². The van der Waals surface area contributed by atoms with Gasteiger partial charge in [-0.25, -0.2) is 0 Å². The van der Waals surface area contributed by atoms with Crippen LogP contribution < -0.4 is 0 Å². The molecule has 0 aromatic heterocycles. The van der Waals surface area contributed by atoms with E-state index < -0.39 is 16.6 Å². The molecule has 28 heavy (non-hydrogen) atoms. The Morgan fingerprint density at radius 3 is 1.86 bits per heavy atom.